The van der Waals surface area contributed by atoms with Crippen molar-refractivity contribution in [1.82, 2.24) is 10.2 Å². The molecule has 0 saturated heterocycles. The highest BCUT2D eigenvalue weighted by atomic mass is 32.2. The number of ether oxygens (including phenoxy) is 1. The lowest BCUT2D eigenvalue weighted by atomic mass is 10.1. The fourth-order valence-electron chi connectivity index (χ4n) is 3.96. The van der Waals surface area contributed by atoms with Gasteiger partial charge in [0.1, 0.15) is 24.2 Å². The first-order chi connectivity index (χ1) is 18.7. The van der Waals surface area contributed by atoms with E-state index in [0.29, 0.717) is 17.0 Å². The smallest absolute Gasteiger partial charge is 0.264 e. The number of sulfonamides is 1. The summed E-state index contributed by atoms with van der Waals surface area (Å²) in [5.74, 6) is -0.946. The number of rotatable bonds is 10. The molecule has 0 spiro atoms. The largest absolute Gasteiger partial charge is 0.497 e. The van der Waals surface area contributed by atoms with Crippen LogP contribution in [0.15, 0.2) is 77.7 Å². The van der Waals surface area contributed by atoms with E-state index < -0.39 is 45.8 Å². The van der Waals surface area contributed by atoms with Gasteiger partial charge < -0.3 is 15.0 Å². The van der Waals surface area contributed by atoms with Gasteiger partial charge in [-0.1, -0.05) is 29.8 Å². The summed E-state index contributed by atoms with van der Waals surface area (Å²) in [6.45, 7) is 8.33. The molecule has 10 heteroatoms. The molecule has 0 aliphatic heterocycles. The molecular formula is C30H36FN3O5S. The maximum atomic E-state index is 13.9. The van der Waals surface area contributed by atoms with E-state index in [1.165, 1.54) is 60.5 Å². The second-order valence-corrected chi connectivity index (χ2v) is 12.4. The van der Waals surface area contributed by atoms with Crippen molar-refractivity contribution in [3.8, 4) is 5.75 Å². The van der Waals surface area contributed by atoms with Crippen LogP contribution in [0, 0.1) is 12.7 Å². The minimum absolute atomic E-state index is 0.0229. The number of nitrogens with one attached hydrogen (secondary N) is 1. The Morgan fingerprint density at radius 3 is 2.05 bits per heavy atom. The zero-order chi connectivity index (χ0) is 29.7. The predicted octanol–water partition coefficient (Wildman–Crippen LogP) is 4.67. The summed E-state index contributed by atoms with van der Waals surface area (Å²) in [6.07, 6.45) is 0. The fraction of sp³-hybridized carbons (Fsp3) is 0.333. The Hall–Kier alpha value is -3.92. The molecule has 0 unspecified atom stereocenters. The summed E-state index contributed by atoms with van der Waals surface area (Å²) in [7, 11) is -2.71. The summed E-state index contributed by atoms with van der Waals surface area (Å²) in [5.41, 5.74) is 1.25. The molecule has 1 atom stereocenters. The first-order valence-corrected chi connectivity index (χ1v) is 14.2. The first kappa shape index (κ1) is 30.6. The van der Waals surface area contributed by atoms with Crippen LogP contribution in [0.1, 0.15) is 38.8 Å². The molecule has 0 radical (unpaired) electrons. The van der Waals surface area contributed by atoms with Gasteiger partial charge in [0.2, 0.25) is 11.8 Å². The zero-order valence-electron chi connectivity index (χ0n) is 23.6. The van der Waals surface area contributed by atoms with Crippen LogP contribution in [0.5, 0.6) is 5.75 Å². The number of anilines is 1. The van der Waals surface area contributed by atoms with E-state index in [-0.39, 0.29) is 11.4 Å². The van der Waals surface area contributed by atoms with Gasteiger partial charge in [0.15, 0.2) is 0 Å². The van der Waals surface area contributed by atoms with Crippen LogP contribution in [-0.2, 0) is 26.2 Å². The SMILES string of the molecule is COc1ccc(S(=O)(=O)N(CC(=O)N(Cc2ccc(F)cc2)[C@H](C)C(=O)NC(C)(C)C)c2ccc(C)cc2)cc1. The molecule has 214 valence electrons. The van der Waals surface area contributed by atoms with Gasteiger partial charge in [-0.3, -0.25) is 13.9 Å². The molecule has 0 fully saturated rings. The Kier molecular flexibility index (Phi) is 9.57. The maximum absolute atomic E-state index is 13.9. The van der Waals surface area contributed by atoms with Gasteiger partial charge in [0.05, 0.1) is 17.7 Å². The van der Waals surface area contributed by atoms with Gasteiger partial charge in [-0.25, -0.2) is 12.8 Å². The van der Waals surface area contributed by atoms with Gasteiger partial charge >= 0.3 is 0 Å². The number of aryl methyl sites for hydroxylation is 1. The molecule has 0 aromatic heterocycles. The van der Waals surface area contributed by atoms with Crippen molar-refractivity contribution in [2.24, 2.45) is 0 Å². The van der Waals surface area contributed by atoms with Crippen molar-refractivity contribution in [3.05, 3.63) is 89.7 Å². The molecule has 3 aromatic carbocycles. The second kappa shape index (κ2) is 12.5. The average molecular weight is 570 g/mol. The first-order valence-electron chi connectivity index (χ1n) is 12.8. The van der Waals surface area contributed by atoms with E-state index >= 15 is 0 Å². The summed E-state index contributed by atoms with van der Waals surface area (Å²) in [6, 6.07) is 17.3. The third kappa shape index (κ3) is 7.81. The molecule has 3 aromatic rings. The van der Waals surface area contributed by atoms with Gasteiger partial charge in [0, 0.05) is 12.1 Å². The number of nitrogens with zero attached hydrogens (tertiary/aromatic N) is 2. The van der Waals surface area contributed by atoms with Crippen molar-refractivity contribution in [2.45, 2.75) is 57.6 Å². The standard InChI is InChI=1S/C30H36FN3O5S/c1-21-7-13-25(14-8-21)34(40(37,38)27-17-15-26(39-6)16-18-27)20-28(35)33(19-23-9-11-24(31)12-10-23)22(2)29(36)32-30(3,4)5/h7-18,22H,19-20H2,1-6H3,(H,32,36)/t22-/m1/s1. The summed E-state index contributed by atoms with van der Waals surface area (Å²) < 4.78 is 47.5. The molecule has 0 bridgehead atoms. The van der Waals surface area contributed by atoms with Crippen molar-refractivity contribution in [1.29, 1.82) is 0 Å². The number of hydrogen-bond donors (Lipinski definition) is 1. The van der Waals surface area contributed by atoms with E-state index in [0.717, 1.165) is 9.87 Å². The number of amides is 2. The van der Waals surface area contributed by atoms with Crippen LogP contribution in [0.3, 0.4) is 0 Å². The second-order valence-electron chi connectivity index (χ2n) is 10.6. The lowest BCUT2D eigenvalue weighted by Crippen LogP contribution is -2.54. The molecule has 8 nitrogen and oxygen atoms in total. The summed E-state index contributed by atoms with van der Waals surface area (Å²) in [4.78, 5) is 28.3. The number of carbonyl (C=O) groups excluding carboxylic acids is 2. The predicted molar refractivity (Wildman–Crippen MR) is 153 cm³/mol. The van der Waals surface area contributed by atoms with Crippen LogP contribution in [0.2, 0.25) is 0 Å². The zero-order valence-corrected chi connectivity index (χ0v) is 24.5. The van der Waals surface area contributed by atoms with Crippen molar-refractivity contribution < 1.29 is 27.1 Å². The third-order valence-electron chi connectivity index (χ3n) is 6.18. The lowest BCUT2D eigenvalue weighted by Gasteiger charge is -2.33. The molecule has 0 saturated carbocycles. The molecule has 1 N–H and O–H groups in total. The molecule has 40 heavy (non-hydrogen) atoms. The topological polar surface area (TPSA) is 96.0 Å². The normalized spacial score (nSPS) is 12.4. The molecule has 0 heterocycles. The molecule has 2 amide bonds. The van der Waals surface area contributed by atoms with Gasteiger partial charge in [-0.2, -0.15) is 0 Å². The Morgan fingerprint density at radius 2 is 1.52 bits per heavy atom. The highest BCUT2D eigenvalue weighted by Crippen LogP contribution is 2.26. The van der Waals surface area contributed by atoms with Crippen LogP contribution in [-0.4, -0.2) is 50.4 Å². The number of carbonyl (C=O) groups is 2. The Bertz CT molecular complexity index is 1420. The van der Waals surface area contributed by atoms with E-state index in [9.17, 15) is 22.4 Å². The number of halogens is 1. The van der Waals surface area contributed by atoms with Gasteiger partial charge in [-0.15, -0.1) is 0 Å². The monoisotopic (exact) mass is 569 g/mol. The van der Waals surface area contributed by atoms with Crippen LogP contribution in [0.25, 0.3) is 0 Å². The van der Waals surface area contributed by atoms with E-state index in [2.05, 4.69) is 5.32 Å². The van der Waals surface area contributed by atoms with Gasteiger partial charge in [0.25, 0.3) is 10.0 Å². The quantitative estimate of drug-likeness (QED) is 0.383. The van der Waals surface area contributed by atoms with Crippen LogP contribution >= 0.6 is 0 Å². The van der Waals surface area contributed by atoms with Crippen molar-refractivity contribution >= 4 is 27.5 Å². The fourth-order valence-corrected chi connectivity index (χ4v) is 5.37. The van der Waals surface area contributed by atoms with E-state index in [4.69, 9.17) is 4.74 Å². The highest BCUT2D eigenvalue weighted by molar-refractivity contribution is 7.92. The molecule has 0 aliphatic carbocycles. The van der Waals surface area contributed by atoms with Crippen molar-refractivity contribution in [3.63, 3.8) is 0 Å². The number of methoxy groups -OCH3 is 1. The Labute approximate surface area is 235 Å². The highest BCUT2D eigenvalue weighted by Gasteiger charge is 2.33. The average Bonchev–Trinajstić information content (AvgIpc) is 2.90. The number of benzene rings is 3. The van der Waals surface area contributed by atoms with E-state index in [1.807, 2.05) is 27.7 Å². The van der Waals surface area contributed by atoms with Gasteiger partial charge in [-0.05, 0) is 88.7 Å². The van der Waals surface area contributed by atoms with E-state index in [1.54, 1.807) is 31.2 Å². The summed E-state index contributed by atoms with van der Waals surface area (Å²) in [5, 5.41) is 2.87. The third-order valence-corrected chi connectivity index (χ3v) is 7.97. The molecule has 3 rings (SSSR count). The maximum Gasteiger partial charge on any atom is 0.264 e. The minimum atomic E-state index is -4.19. The van der Waals surface area contributed by atoms with Crippen LogP contribution < -0.4 is 14.4 Å². The summed E-state index contributed by atoms with van der Waals surface area (Å²) >= 11 is 0. The van der Waals surface area contributed by atoms with Crippen LogP contribution in [0.4, 0.5) is 10.1 Å². The Morgan fingerprint density at radius 1 is 0.950 bits per heavy atom. The van der Waals surface area contributed by atoms with Crippen molar-refractivity contribution in [2.75, 3.05) is 18.0 Å². The lowest BCUT2D eigenvalue weighted by molar-refractivity contribution is -0.140. The Balaban J connectivity index is 2.03. The molecular weight excluding hydrogens is 533 g/mol. The molecule has 0 aliphatic rings. The number of hydrogen-bond acceptors (Lipinski definition) is 5. The minimum Gasteiger partial charge on any atom is -0.497 e.